The molecule has 0 aliphatic carbocycles. The van der Waals surface area contributed by atoms with Gasteiger partial charge in [-0.25, -0.2) is 0 Å². The molecule has 1 aromatic rings. The van der Waals surface area contributed by atoms with E-state index in [1.165, 1.54) is 6.08 Å². The Morgan fingerprint density at radius 3 is 2.64 bits per heavy atom. The third-order valence-electron chi connectivity index (χ3n) is 4.18. The van der Waals surface area contributed by atoms with Crippen LogP contribution in [-0.2, 0) is 9.53 Å². The Hall–Kier alpha value is -1.56. The van der Waals surface area contributed by atoms with Crippen molar-refractivity contribution in [2.75, 3.05) is 19.7 Å². The van der Waals surface area contributed by atoms with Crippen LogP contribution in [0.4, 0.5) is 0 Å². The van der Waals surface area contributed by atoms with Crippen molar-refractivity contribution in [3.63, 3.8) is 0 Å². The minimum absolute atomic E-state index is 0. The van der Waals surface area contributed by atoms with Crippen molar-refractivity contribution in [3.8, 4) is 11.5 Å². The molecular weight excluding hydrogens is 342 g/mol. The van der Waals surface area contributed by atoms with Gasteiger partial charge in [0.15, 0.2) is 17.3 Å². The van der Waals surface area contributed by atoms with Crippen LogP contribution in [-0.4, -0.2) is 47.7 Å². The van der Waals surface area contributed by atoms with Gasteiger partial charge in [-0.1, -0.05) is 12.6 Å². The standard InChI is InChI=1S/C19H27NO4.ClH/c1-5-16(21)10-17(20-11-13(3)24-14(4)12-20)15-7-8-18(22)19(9-15)23-6-2;/h5,7-9,13-14,17,22H,1,6,10-12H2,2-4H3;1H. The Balaban J connectivity index is 0.00000312. The number of nitrogens with zero attached hydrogens (tertiary/aromatic N) is 1. The van der Waals surface area contributed by atoms with Crippen molar-refractivity contribution in [1.82, 2.24) is 4.90 Å². The van der Waals surface area contributed by atoms with Crippen molar-refractivity contribution < 1.29 is 19.4 Å². The molecule has 0 radical (unpaired) electrons. The number of hydrogen-bond acceptors (Lipinski definition) is 5. The number of allylic oxidation sites excluding steroid dienone is 1. The number of aromatic hydroxyl groups is 1. The average molecular weight is 370 g/mol. The summed E-state index contributed by atoms with van der Waals surface area (Å²) in [7, 11) is 0. The molecule has 1 heterocycles. The van der Waals surface area contributed by atoms with Gasteiger partial charge in [-0.05, 0) is 44.5 Å². The van der Waals surface area contributed by atoms with Gasteiger partial charge in [0.05, 0.1) is 18.8 Å². The predicted molar refractivity (Wildman–Crippen MR) is 101 cm³/mol. The van der Waals surface area contributed by atoms with Crippen LogP contribution in [0.3, 0.4) is 0 Å². The molecular formula is C19H28ClNO4. The van der Waals surface area contributed by atoms with Crippen molar-refractivity contribution in [1.29, 1.82) is 0 Å². The number of ether oxygens (including phenoxy) is 2. The number of carbonyl (C=O) groups is 1. The molecule has 1 aliphatic rings. The van der Waals surface area contributed by atoms with Crippen LogP contribution in [0.15, 0.2) is 30.9 Å². The Morgan fingerprint density at radius 1 is 1.44 bits per heavy atom. The van der Waals surface area contributed by atoms with Gasteiger partial charge in [0.25, 0.3) is 0 Å². The van der Waals surface area contributed by atoms with E-state index in [0.29, 0.717) is 18.8 Å². The van der Waals surface area contributed by atoms with Crippen LogP contribution < -0.4 is 4.74 Å². The summed E-state index contributed by atoms with van der Waals surface area (Å²) < 4.78 is 11.3. The van der Waals surface area contributed by atoms with Crippen LogP contribution in [0, 0.1) is 0 Å². The van der Waals surface area contributed by atoms with E-state index >= 15 is 0 Å². The second kappa shape index (κ2) is 9.80. The number of phenols is 1. The quantitative estimate of drug-likeness (QED) is 0.745. The molecule has 1 aliphatic heterocycles. The number of phenolic OH excluding ortho intramolecular Hbond substituents is 1. The van der Waals surface area contributed by atoms with E-state index in [9.17, 15) is 9.90 Å². The molecule has 1 N–H and O–H groups in total. The maximum atomic E-state index is 12.0. The molecule has 0 amide bonds. The average Bonchev–Trinajstić information content (AvgIpc) is 2.54. The molecule has 6 heteroatoms. The van der Waals surface area contributed by atoms with E-state index in [1.54, 1.807) is 6.07 Å². The highest BCUT2D eigenvalue weighted by Gasteiger charge is 2.30. The van der Waals surface area contributed by atoms with Gasteiger partial charge >= 0.3 is 0 Å². The first-order valence-electron chi connectivity index (χ1n) is 8.45. The Morgan fingerprint density at radius 2 is 2.08 bits per heavy atom. The first-order valence-corrected chi connectivity index (χ1v) is 8.45. The number of morpholine rings is 1. The molecule has 0 saturated carbocycles. The number of ketones is 1. The van der Waals surface area contributed by atoms with Crippen LogP contribution in [0.1, 0.15) is 38.8 Å². The van der Waals surface area contributed by atoms with Gasteiger partial charge in [-0.2, -0.15) is 0 Å². The lowest BCUT2D eigenvalue weighted by Gasteiger charge is -2.40. The number of carbonyl (C=O) groups excluding carboxylic acids is 1. The van der Waals surface area contributed by atoms with E-state index < -0.39 is 0 Å². The van der Waals surface area contributed by atoms with Crippen LogP contribution in [0.25, 0.3) is 0 Å². The van der Waals surface area contributed by atoms with Gasteiger partial charge < -0.3 is 14.6 Å². The van der Waals surface area contributed by atoms with Crippen LogP contribution >= 0.6 is 12.4 Å². The topological polar surface area (TPSA) is 59.0 Å². The predicted octanol–water partition coefficient (Wildman–Crippen LogP) is 3.51. The Labute approximate surface area is 156 Å². The molecule has 140 valence electrons. The molecule has 3 unspecified atom stereocenters. The highest BCUT2D eigenvalue weighted by molar-refractivity contribution is 5.89. The maximum Gasteiger partial charge on any atom is 0.161 e. The van der Waals surface area contributed by atoms with Crippen molar-refractivity contribution in [3.05, 3.63) is 36.4 Å². The summed E-state index contributed by atoms with van der Waals surface area (Å²) in [6.07, 6.45) is 1.93. The normalized spacial score (nSPS) is 21.9. The molecule has 2 rings (SSSR count). The molecule has 1 fully saturated rings. The highest BCUT2D eigenvalue weighted by atomic mass is 35.5. The lowest BCUT2D eigenvalue weighted by Crippen LogP contribution is -2.47. The lowest BCUT2D eigenvalue weighted by molar-refractivity contribution is -0.118. The summed E-state index contributed by atoms with van der Waals surface area (Å²) in [5.74, 6) is 0.552. The van der Waals surface area contributed by atoms with E-state index in [1.807, 2.05) is 32.9 Å². The first kappa shape index (κ1) is 21.5. The number of rotatable bonds is 7. The Kier molecular flexibility index (Phi) is 8.42. The third-order valence-corrected chi connectivity index (χ3v) is 4.18. The van der Waals surface area contributed by atoms with E-state index in [2.05, 4.69) is 11.5 Å². The number of benzene rings is 1. The summed E-state index contributed by atoms with van der Waals surface area (Å²) in [5, 5.41) is 9.93. The van der Waals surface area contributed by atoms with Crippen molar-refractivity contribution in [2.24, 2.45) is 0 Å². The first-order chi connectivity index (χ1) is 11.4. The van der Waals surface area contributed by atoms with Gasteiger partial charge in [-0.3, -0.25) is 9.69 Å². The molecule has 0 aromatic heterocycles. The summed E-state index contributed by atoms with van der Waals surface area (Å²) >= 11 is 0. The monoisotopic (exact) mass is 369 g/mol. The van der Waals surface area contributed by atoms with E-state index in [-0.39, 0.29) is 42.2 Å². The summed E-state index contributed by atoms with van der Waals surface area (Å²) in [6.45, 7) is 11.5. The second-order valence-electron chi connectivity index (χ2n) is 6.26. The summed E-state index contributed by atoms with van der Waals surface area (Å²) in [6, 6.07) is 5.21. The molecule has 1 saturated heterocycles. The zero-order valence-electron chi connectivity index (χ0n) is 15.1. The highest BCUT2D eigenvalue weighted by Crippen LogP contribution is 2.34. The molecule has 0 spiro atoms. The molecule has 3 atom stereocenters. The fourth-order valence-electron chi connectivity index (χ4n) is 3.21. The van der Waals surface area contributed by atoms with Crippen LogP contribution in [0.5, 0.6) is 11.5 Å². The third kappa shape index (κ3) is 5.73. The SMILES string of the molecule is C=CC(=O)CC(c1ccc(O)c(OCC)c1)N1CC(C)OC(C)C1.Cl. The van der Waals surface area contributed by atoms with Gasteiger partial charge in [0.2, 0.25) is 0 Å². The number of hydrogen-bond donors (Lipinski definition) is 1. The van der Waals surface area contributed by atoms with Crippen molar-refractivity contribution in [2.45, 2.75) is 45.4 Å². The fourth-order valence-corrected chi connectivity index (χ4v) is 3.21. The Bertz CT molecular complexity index is 583. The van der Waals surface area contributed by atoms with Crippen LogP contribution in [0.2, 0.25) is 0 Å². The maximum absolute atomic E-state index is 12.0. The minimum Gasteiger partial charge on any atom is -0.504 e. The van der Waals surface area contributed by atoms with Crippen molar-refractivity contribution >= 4 is 18.2 Å². The van der Waals surface area contributed by atoms with Gasteiger partial charge in [-0.15, -0.1) is 12.4 Å². The lowest BCUT2D eigenvalue weighted by atomic mass is 9.97. The van der Waals surface area contributed by atoms with E-state index in [0.717, 1.165) is 18.7 Å². The largest absolute Gasteiger partial charge is 0.504 e. The zero-order valence-corrected chi connectivity index (χ0v) is 15.9. The summed E-state index contributed by atoms with van der Waals surface area (Å²) in [4.78, 5) is 14.3. The van der Waals surface area contributed by atoms with Gasteiger partial charge in [0.1, 0.15) is 0 Å². The molecule has 5 nitrogen and oxygen atoms in total. The molecule has 25 heavy (non-hydrogen) atoms. The van der Waals surface area contributed by atoms with Gasteiger partial charge in [0, 0.05) is 25.6 Å². The summed E-state index contributed by atoms with van der Waals surface area (Å²) in [5.41, 5.74) is 0.952. The zero-order chi connectivity index (χ0) is 17.7. The molecule has 0 bridgehead atoms. The van der Waals surface area contributed by atoms with E-state index in [4.69, 9.17) is 9.47 Å². The second-order valence-corrected chi connectivity index (χ2v) is 6.26. The minimum atomic E-state index is -0.0934. The fraction of sp³-hybridized carbons (Fsp3) is 0.526. The number of halogens is 1. The molecule has 1 aromatic carbocycles. The smallest absolute Gasteiger partial charge is 0.161 e.